The summed E-state index contributed by atoms with van der Waals surface area (Å²) in [5, 5.41) is 6.43. The van der Waals surface area contributed by atoms with Gasteiger partial charge in [0.2, 0.25) is 0 Å². The zero-order chi connectivity index (χ0) is 18.4. The van der Waals surface area contributed by atoms with Gasteiger partial charge in [0.05, 0.1) is 0 Å². The van der Waals surface area contributed by atoms with Gasteiger partial charge in [-0.2, -0.15) is 0 Å². The maximum absolute atomic E-state index is 11.8. The first-order chi connectivity index (χ1) is 11.7. The molecule has 0 bridgehead atoms. The number of amides is 1. The van der Waals surface area contributed by atoms with E-state index in [1.165, 1.54) is 32.1 Å². The van der Waals surface area contributed by atoms with Gasteiger partial charge < -0.3 is 10.1 Å². The number of hydrogen-bond donors (Lipinski definition) is 2. The van der Waals surface area contributed by atoms with Gasteiger partial charge in [-0.05, 0) is 76.1 Å². The average molecular weight is 347 g/mol. The lowest BCUT2D eigenvalue weighted by atomic mass is 9.81. The fourth-order valence-corrected chi connectivity index (χ4v) is 3.61. The van der Waals surface area contributed by atoms with Crippen LogP contribution in [0.4, 0.5) is 16.2 Å². The number of rotatable bonds is 5. The number of nitrogens with one attached hydrogen (secondary N) is 2. The molecule has 0 spiro atoms. The van der Waals surface area contributed by atoms with E-state index >= 15 is 0 Å². The third-order valence-corrected chi connectivity index (χ3v) is 4.49. The van der Waals surface area contributed by atoms with Gasteiger partial charge in [0, 0.05) is 17.4 Å². The van der Waals surface area contributed by atoms with Gasteiger partial charge in [-0.1, -0.05) is 26.7 Å². The Labute approximate surface area is 152 Å². The molecule has 0 aliphatic heterocycles. The smallest absolute Gasteiger partial charge is 0.412 e. The molecule has 0 saturated heterocycles. The highest BCUT2D eigenvalue weighted by Crippen LogP contribution is 2.31. The molecule has 1 fully saturated rings. The van der Waals surface area contributed by atoms with E-state index < -0.39 is 11.7 Å². The van der Waals surface area contributed by atoms with Gasteiger partial charge in [-0.15, -0.1) is 0 Å². The Hall–Kier alpha value is -1.71. The molecule has 4 heteroatoms. The standard InChI is InChI=1S/C21H34N2O2/c1-15(2)13-16-7-6-8-19(14-16)22-17-9-11-18(12-10-17)23-20(24)25-21(3,4)5/h9-12,15-16,19,22H,6-8,13-14H2,1-5H3,(H,23,24). The van der Waals surface area contributed by atoms with Crippen molar-refractivity contribution in [2.45, 2.75) is 78.4 Å². The Morgan fingerprint density at radius 3 is 2.40 bits per heavy atom. The third kappa shape index (κ3) is 7.37. The Morgan fingerprint density at radius 2 is 1.80 bits per heavy atom. The number of benzene rings is 1. The highest BCUT2D eigenvalue weighted by atomic mass is 16.6. The summed E-state index contributed by atoms with van der Waals surface area (Å²) in [7, 11) is 0. The summed E-state index contributed by atoms with van der Waals surface area (Å²) in [5.74, 6) is 1.63. The van der Waals surface area contributed by atoms with Gasteiger partial charge in [-0.25, -0.2) is 4.79 Å². The van der Waals surface area contributed by atoms with Crippen LogP contribution in [0.15, 0.2) is 24.3 Å². The Bertz CT molecular complexity index is 546. The minimum Gasteiger partial charge on any atom is -0.444 e. The number of hydrogen-bond acceptors (Lipinski definition) is 3. The number of ether oxygens (including phenoxy) is 1. The predicted molar refractivity (Wildman–Crippen MR) is 105 cm³/mol. The fourth-order valence-electron chi connectivity index (χ4n) is 3.61. The second-order valence-electron chi connectivity index (χ2n) is 8.71. The van der Waals surface area contributed by atoms with Crippen molar-refractivity contribution in [1.82, 2.24) is 0 Å². The van der Waals surface area contributed by atoms with Crippen molar-refractivity contribution in [2.75, 3.05) is 10.6 Å². The summed E-state index contributed by atoms with van der Waals surface area (Å²) in [6, 6.07) is 8.45. The van der Waals surface area contributed by atoms with Crippen molar-refractivity contribution >= 4 is 17.5 Å². The predicted octanol–water partition coefficient (Wildman–Crippen LogP) is 6.05. The maximum Gasteiger partial charge on any atom is 0.412 e. The highest BCUT2D eigenvalue weighted by Gasteiger charge is 2.22. The summed E-state index contributed by atoms with van der Waals surface area (Å²) in [4.78, 5) is 11.8. The van der Waals surface area contributed by atoms with E-state index in [4.69, 9.17) is 4.74 Å². The first-order valence-electron chi connectivity index (χ1n) is 9.58. The van der Waals surface area contributed by atoms with Crippen LogP contribution in [-0.4, -0.2) is 17.7 Å². The van der Waals surface area contributed by atoms with Gasteiger partial charge in [0.25, 0.3) is 0 Å². The van der Waals surface area contributed by atoms with Gasteiger partial charge in [0.15, 0.2) is 0 Å². The molecule has 2 atom stereocenters. The van der Waals surface area contributed by atoms with E-state index in [1.54, 1.807) is 0 Å². The van der Waals surface area contributed by atoms with Crippen LogP contribution >= 0.6 is 0 Å². The van der Waals surface area contributed by atoms with Crippen molar-refractivity contribution in [3.8, 4) is 0 Å². The monoisotopic (exact) mass is 346 g/mol. The average Bonchev–Trinajstić information content (AvgIpc) is 2.47. The molecule has 1 aromatic rings. The first kappa shape index (κ1) is 19.6. The van der Waals surface area contributed by atoms with E-state index in [0.29, 0.717) is 6.04 Å². The van der Waals surface area contributed by atoms with Crippen LogP contribution in [0.2, 0.25) is 0 Å². The van der Waals surface area contributed by atoms with Crippen LogP contribution in [0, 0.1) is 11.8 Å². The van der Waals surface area contributed by atoms with E-state index in [2.05, 4.69) is 24.5 Å². The van der Waals surface area contributed by atoms with Crippen molar-refractivity contribution in [3.63, 3.8) is 0 Å². The molecule has 140 valence electrons. The number of carbonyl (C=O) groups excluding carboxylic acids is 1. The van der Waals surface area contributed by atoms with E-state index in [9.17, 15) is 4.79 Å². The molecular formula is C21H34N2O2. The quantitative estimate of drug-likeness (QED) is 0.682. The maximum atomic E-state index is 11.8. The largest absolute Gasteiger partial charge is 0.444 e. The van der Waals surface area contributed by atoms with Crippen molar-refractivity contribution in [3.05, 3.63) is 24.3 Å². The lowest BCUT2D eigenvalue weighted by Crippen LogP contribution is -2.28. The Kier molecular flexibility index (Phi) is 6.74. The summed E-state index contributed by atoms with van der Waals surface area (Å²) in [6.45, 7) is 10.2. The molecular weight excluding hydrogens is 312 g/mol. The lowest BCUT2D eigenvalue weighted by Gasteiger charge is -2.31. The highest BCUT2D eigenvalue weighted by molar-refractivity contribution is 5.85. The normalized spacial score (nSPS) is 21.0. The summed E-state index contributed by atoms with van der Waals surface area (Å²) in [5.41, 5.74) is 1.38. The molecule has 1 aliphatic carbocycles. The summed E-state index contributed by atoms with van der Waals surface area (Å²) >= 11 is 0. The zero-order valence-corrected chi connectivity index (χ0v) is 16.4. The van der Waals surface area contributed by atoms with Crippen LogP contribution in [0.5, 0.6) is 0 Å². The number of anilines is 2. The van der Waals surface area contributed by atoms with Crippen LogP contribution in [0.3, 0.4) is 0 Å². The first-order valence-corrected chi connectivity index (χ1v) is 9.58. The Balaban J connectivity index is 1.84. The van der Waals surface area contributed by atoms with Crippen LogP contribution in [0.25, 0.3) is 0 Å². The molecule has 2 rings (SSSR count). The zero-order valence-electron chi connectivity index (χ0n) is 16.4. The van der Waals surface area contributed by atoms with Gasteiger partial charge >= 0.3 is 6.09 Å². The molecule has 1 aliphatic rings. The molecule has 2 unspecified atom stereocenters. The topological polar surface area (TPSA) is 50.4 Å². The summed E-state index contributed by atoms with van der Waals surface area (Å²) in [6.07, 6.45) is 6.10. The van der Waals surface area contributed by atoms with E-state index in [0.717, 1.165) is 23.2 Å². The van der Waals surface area contributed by atoms with Crippen molar-refractivity contribution in [1.29, 1.82) is 0 Å². The fraction of sp³-hybridized carbons (Fsp3) is 0.667. The molecule has 0 aromatic heterocycles. The van der Waals surface area contributed by atoms with E-state index in [1.807, 2.05) is 45.0 Å². The molecule has 25 heavy (non-hydrogen) atoms. The minimum atomic E-state index is -0.487. The summed E-state index contributed by atoms with van der Waals surface area (Å²) < 4.78 is 5.27. The molecule has 0 radical (unpaired) electrons. The lowest BCUT2D eigenvalue weighted by molar-refractivity contribution is 0.0636. The molecule has 2 N–H and O–H groups in total. The van der Waals surface area contributed by atoms with Crippen molar-refractivity contribution < 1.29 is 9.53 Å². The van der Waals surface area contributed by atoms with Gasteiger partial charge in [0.1, 0.15) is 5.60 Å². The van der Waals surface area contributed by atoms with Gasteiger partial charge in [-0.3, -0.25) is 5.32 Å². The van der Waals surface area contributed by atoms with Crippen LogP contribution < -0.4 is 10.6 Å². The molecule has 4 nitrogen and oxygen atoms in total. The third-order valence-electron chi connectivity index (χ3n) is 4.49. The van der Waals surface area contributed by atoms with E-state index in [-0.39, 0.29) is 0 Å². The van der Waals surface area contributed by atoms with Crippen LogP contribution in [-0.2, 0) is 4.74 Å². The number of carbonyl (C=O) groups is 1. The second kappa shape index (κ2) is 8.59. The molecule has 0 heterocycles. The second-order valence-corrected chi connectivity index (χ2v) is 8.71. The molecule has 1 aromatic carbocycles. The SMILES string of the molecule is CC(C)CC1CCCC(Nc2ccc(NC(=O)OC(C)(C)C)cc2)C1. The minimum absolute atomic E-state index is 0.419. The molecule has 1 saturated carbocycles. The molecule has 1 amide bonds. The Morgan fingerprint density at radius 1 is 1.16 bits per heavy atom. The van der Waals surface area contributed by atoms with Crippen molar-refractivity contribution in [2.24, 2.45) is 11.8 Å². The van der Waals surface area contributed by atoms with Crippen LogP contribution in [0.1, 0.15) is 66.7 Å².